The summed E-state index contributed by atoms with van der Waals surface area (Å²) in [4.78, 5) is 10.5. The van der Waals surface area contributed by atoms with Crippen LogP contribution in [-0.2, 0) is 23.8 Å². The van der Waals surface area contributed by atoms with Crippen LogP contribution < -0.4 is 0 Å². The van der Waals surface area contributed by atoms with Crippen molar-refractivity contribution in [2.75, 3.05) is 19.7 Å². The SMILES string of the molecule is C#CCOC(=O)OCS(=O)(=O)OC. The maximum absolute atomic E-state index is 10.6. The summed E-state index contributed by atoms with van der Waals surface area (Å²) in [6, 6.07) is 0. The number of ether oxygens (including phenoxy) is 2. The van der Waals surface area contributed by atoms with Crippen LogP contribution in [0.3, 0.4) is 0 Å². The topological polar surface area (TPSA) is 78.9 Å². The molecule has 0 aromatic heterocycles. The molecule has 0 aromatic rings. The Morgan fingerprint density at radius 3 is 2.54 bits per heavy atom. The van der Waals surface area contributed by atoms with Gasteiger partial charge in [0.15, 0.2) is 6.61 Å². The highest BCUT2D eigenvalue weighted by Gasteiger charge is 2.12. The van der Waals surface area contributed by atoms with Gasteiger partial charge in [0.05, 0.1) is 7.11 Å². The van der Waals surface area contributed by atoms with Crippen LogP contribution in [0.25, 0.3) is 0 Å². The third-order valence-electron chi connectivity index (χ3n) is 0.848. The van der Waals surface area contributed by atoms with Crippen LogP contribution in [0, 0.1) is 12.3 Å². The fourth-order valence-electron chi connectivity index (χ4n) is 0.311. The molecule has 0 fully saturated rings. The van der Waals surface area contributed by atoms with Gasteiger partial charge in [-0.1, -0.05) is 5.92 Å². The largest absolute Gasteiger partial charge is 0.510 e. The van der Waals surface area contributed by atoms with Gasteiger partial charge in [-0.15, -0.1) is 6.42 Å². The first-order valence-corrected chi connectivity index (χ1v) is 4.61. The second kappa shape index (κ2) is 5.40. The standard InChI is InChI=1S/C6H8O6S/c1-3-4-11-6(7)12-5-13(8,9)10-2/h1H,4-5H2,2H3. The molecule has 74 valence electrons. The van der Waals surface area contributed by atoms with Crippen LogP contribution in [-0.4, -0.2) is 34.2 Å². The van der Waals surface area contributed by atoms with Crippen LogP contribution in [0.4, 0.5) is 4.79 Å². The average Bonchev–Trinajstić information content (AvgIpc) is 2.11. The van der Waals surface area contributed by atoms with Crippen molar-refractivity contribution >= 4 is 16.3 Å². The Kier molecular flexibility index (Phi) is 4.87. The fraction of sp³-hybridized carbons (Fsp3) is 0.500. The molecule has 7 heteroatoms. The monoisotopic (exact) mass is 208 g/mol. The molecule has 0 saturated carbocycles. The molecule has 13 heavy (non-hydrogen) atoms. The number of hydrogen-bond donors (Lipinski definition) is 0. The van der Waals surface area contributed by atoms with E-state index in [1.165, 1.54) is 0 Å². The molecule has 0 radical (unpaired) electrons. The maximum Gasteiger partial charge on any atom is 0.510 e. The Morgan fingerprint density at radius 2 is 2.08 bits per heavy atom. The molecule has 0 N–H and O–H groups in total. The van der Waals surface area contributed by atoms with Gasteiger partial charge in [-0.2, -0.15) is 8.42 Å². The van der Waals surface area contributed by atoms with Crippen molar-refractivity contribution < 1.29 is 26.9 Å². The zero-order valence-corrected chi connectivity index (χ0v) is 7.67. The normalized spacial score (nSPS) is 10.2. The van der Waals surface area contributed by atoms with Gasteiger partial charge in [0.1, 0.15) is 0 Å². The highest BCUT2D eigenvalue weighted by molar-refractivity contribution is 7.86. The van der Waals surface area contributed by atoms with Crippen molar-refractivity contribution in [3.63, 3.8) is 0 Å². The lowest BCUT2D eigenvalue weighted by Crippen LogP contribution is -2.16. The molecule has 0 unspecified atom stereocenters. The summed E-state index contributed by atoms with van der Waals surface area (Å²) >= 11 is 0. The van der Waals surface area contributed by atoms with Gasteiger partial charge in [0, 0.05) is 0 Å². The highest BCUT2D eigenvalue weighted by Crippen LogP contribution is 1.93. The summed E-state index contributed by atoms with van der Waals surface area (Å²) < 4.78 is 33.5. The van der Waals surface area contributed by atoms with Crippen LogP contribution in [0.15, 0.2) is 0 Å². The Hall–Kier alpha value is -1.26. The molecule has 0 saturated heterocycles. The average molecular weight is 208 g/mol. The number of rotatable bonds is 4. The van der Waals surface area contributed by atoms with Gasteiger partial charge >= 0.3 is 16.3 Å². The Labute approximate surface area is 75.9 Å². The predicted octanol–water partition coefficient (Wildman–Crippen LogP) is -0.293. The Bertz CT molecular complexity index is 298. The number of carbonyl (C=O) groups excluding carboxylic acids is 1. The smallest absolute Gasteiger partial charge is 0.421 e. The molecular formula is C6H8O6S. The van der Waals surface area contributed by atoms with Crippen molar-refractivity contribution in [1.82, 2.24) is 0 Å². The van der Waals surface area contributed by atoms with E-state index in [1.807, 2.05) is 5.92 Å². The summed E-state index contributed by atoms with van der Waals surface area (Å²) in [5.41, 5.74) is 0. The molecule has 0 heterocycles. The summed E-state index contributed by atoms with van der Waals surface area (Å²) in [6.07, 6.45) is 3.61. The second-order valence-electron chi connectivity index (χ2n) is 1.73. The van der Waals surface area contributed by atoms with Crippen LogP contribution in [0.1, 0.15) is 0 Å². The lowest BCUT2D eigenvalue weighted by molar-refractivity contribution is 0.0756. The van der Waals surface area contributed by atoms with Gasteiger partial charge in [-0.3, -0.25) is 4.18 Å². The van der Waals surface area contributed by atoms with Crippen LogP contribution >= 0.6 is 0 Å². The third kappa shape index (κ3) is 5.95. The first kappa shape index (κ1) is 11.7. The molecule has 0 aliphatic heterocycles. The van der Waals surface area contributed by atoms with E-state index >= 15 is 0 Å². The molecule has 0 rings (SSSR count). The molecule has 0 spiro atoms. The molecule has 0 aliphatic carbocycles. The minimum Gasteiger partial charge on any atom is -0.421 e. The van der Waals surface area contributed by atoms with Gasteiger partial charge < -0.3 is 9.47 Å². The summed E-state index contributed by atoms with van der Waals surface area (Å²) in [7, 11) is -2.86. The van der Waals surface area contributed by atoms with Crippen molar-refractivity contribution in [2.45, 2.75) is 0 Å². The van der Waals surface area contributed by atoms with Gasteiger partial charge in [0.25, 0.3) is 0 Å². The van der Waals surface area contributed by atoms with Crippen LogP contribution in [0.5, 0.6) is 0 Å². The van der Waals surface area contributed by atoms with E-state index in [-0.39, 0.29) is 6.61 Å². The molecule has 0 aliphatic rings. The zero-order valence-electron chi connectivity index (χ0n) is 6.85. The Balaban J connectivity index is 3.78. The van der Waals surface area contributed by atoms with E-state index < -0.39 is 22.2 Å². The Morgan fingerprint density at radius 1 is 1.46 bits per heavy atom. The van der Waals surface area contributed by atoms with E-state index in [9.17, 15) is 13.2 Å². The third-order valence-corrected chi connectivity index (χ3v) is 1.76. The van der Waals surface area contributed by atoms with Gasteiger partial charge in [-0.05, 0) is 0 Å². The van der Waals surface area contributed by atoms with E-state index in [2.05, 4.69) is 13.7 Å². The first-order chi connectivity index (χ1) is 6.02. The second-order valence-corrected chi connectivity index (χ2v) is 3.41. The molecule has 6 nitrogen and oxygen atoms in total. The summed E-state index contributed by atoms with van der Waals surface area (Å²) in [5, 5.41) is 0. The summed E-state index contributed by atoms with van der Waals surface area (Å²) in [6.45, 7) is -0.272. The number of terminal acetylenes is 1. The van der Waals surface area contributed by atoms with Gasteiger partial charge in [0.2, 0.25) is 5.94 Å². The fourth-order valence-corrected chi connectivity index (χ4v) is 0.647. The van der Waals surface area contributed by atoms with Gasteiger partial charge in [-0.25, -0.2) is 4.79 Å². The first-order valence-electron chi connectivity index (χ1n) is 3.03. The van der Waals surface area contributed by atoms with Crippen molar-refractivity contribution in [2.24, 2.45) is 0 Å². The maximum atomic E-state index is 10.6. The lowest BCUT2D eigenvalue weighted by atomic mass is 10.8. The van der Waals surface area contributed by atoms with Crippen molar-refractivity contribution in [3.05, 3.63) is 0 Å². The summed E-state index contributed by atoms with van der Waals surface area (Å²) in [5.74, 6) is 1.11. The van der Waals surface area contributed by atoms with E-state index in [1.54, 1.807) is 0 Å². The van der Waals surface area contributed by atoms with E-state index in [0.29, 0.717) is 0 Å². The van der Waals surface area contributed by atoms with Crippen molar-refractivity contribution in [3.8, 4) is 12.3 Å². The minimum atomic E-state index is -3.81. The molecule has 0 aromatic carbocycles. The number of carbonyl (C=O) groups is 1. The highest BCUT2D eigenvalue weighted by atomic mass is 32.2. The molecule has 0 atom stereocenters. The van der Waals surface area contributed by atoms with E-state index in [4.69, 9.17) is 6.42 Å². The molecule has 0 bridgehead atoms. The van der Waals surface area contributed by atoms with Crippen LogP contribution in [0.2, 0.25) is 0 Å². The molecule has 0 amide bonds. The number of hydrogen-bond acceptors (Lipinski definition) is 6. The lowest BCUT2D eigenvalue weighted by Gasteiger charge is -2.02. The minimum absolute atomic E-state index is 0.272. The predicted molar refractivity (Wildman–Crippen MR) is 42.1 cm³/mol. The van der Waals surface area contributed by atoms with Crippen molar-refractivity contribution in [1.29, 1.82) is 0 Å². The zero-order chi connectivity index (χ0) is 10.3. The van der Waals surface area contributed by atoms with E-state index in [0.717, 1.165) is 7.11 Å². The quantitative estimate of drug-likeness (QED) is 0.359. The molecular weight excluding hydrogens is 200 g/mol.